The number of nitrogens with one attached hydrogen (secondary N) is 1. The second-order valence-electron chi connectivity index (χ2n) is 5.38. The van der Waals surface area contributed by atoms with E-state index in [1.807, 2.05) is 30.0 Å². The molecule has 0 unspecified atom stereocenters. The van der Waals surface area contributed by atoms with E-state index in [9.17, 15) is 4.79 Å². The summed E-state index contributed by atoms with van der Waals surface area (Å²) in [6.07, 6.45) is 5.28. The number of halogens is 1. The fourth-order valence-corrected chi connectivity index (χ4v) is 2.72. The van der Waals surface area contributed by atoms with Crippen LogP contribution in [-0.2, 0) is 0 Å². The molecular formula is C16H17ClN4O. The van der Waals surface area contributed by atoms with Crippen LogP contribution in [0.5, 0.6) is 0 Å². The molecule has 1 saturated heterocycles. The Kier molecular flexibility index (Phi) is 4.24. The Morgan fingerprint density at radius 2 is 1.91 bits per heavy atom. The van der Waals surface area contributed by atoms with Crippen molar-refractivity contribution in [2.24, 2.45) is 0 Å². The number of carbonyl (C=O) groups excluding carboxylic acids is 1. The van der Waals surface area contributed by atoms with E-state index in [4.69, 9.17) is 11.6 Å². The Morgan fingerprint density at radius 1 is 1.23 bits per heavy atom. The number of aromatic nitrogens is 2. The summed E-state index contributed by atoms with van der Waals surface area (Å²) >= 11 is 5.94. The SMILES string of the molecule is Cc1cc(Cl)ccc1Nc1ncc(C(=O)N2CCCC2)cn1. The Morgan fingerprint density at radius 3 is 2.55 bits per heavy atom. The highest BCUT2D eigenvalue weighted by molar-refractivity contribution is 6.30. The Labute approximate surface area is 134 Å². The fraction of sp³-hybridized carbons (Fsp3) is 0.312. The summed E-state index contributed by atoms with van der Waals surface area (Å²) in [6.45, 7) is 3.60. The van der Waals surface area contributed by atoms with Crippen molar-refractivity contribution in [3.05, 3.63) is 46.7 Å². The standard InChI is InChI=1S/C16H17ClN4O/c1-11-8-13(17)4-5-14(11)20-16-18-9-12(10-19-16)15(22)21-6-2-3-7-21/h4-5,8-10H,2-3,6-7H2,1H3,(H,18,19,20). The molecule has 1 aromatic heterocycles. The molecule has 1 aromatic carbocycles. The van der Waals surface area contributed by atoms with Crippen molar-refractivity contribution in [3.63, 3.8) is 0 Å². The van der Waals surface area contributed by atoms with E-state index in [2.05, 4.69) is 15.3 Å². The number of hydrogen-bond donors (Lipinski definition) is 1. The van der Waals surface area contributed by atoms with E-state index >= 15 is 0 Å². The van der Waals surface area contributed by atoms with Crippen LogP contribution in [0.1, 0.15) is 28.8 Å². The topological polar surface area (TPSA) is 58.1 Å². The second-order valence-corrected chi connectivity index (χ2v) is 5.82. The van der Waals surface area contributed by atoms with Crippen molar-refractivity contribution in [2.75, 3.05) is 18.4 Å². The third kappa shape index (κ3) is 3.20. The molecule has 0 radical (unpaired) electrons. The van der Waals surface area contributed by atoms with E-state index < -0.39 is 0 Å². The number of carbonyl (C=O) groups is 1. The molecule has 2 aromatic rings. The first kappa shape index (κ1) is 14.8. The molecule has 114 valence electrons. The van der Waals surface area contributed by atoms with Gasteiger partial charge in [-0.25, -0.2) is 9.97 Å². The van der Waals surface area contributed by atoms with Crippen LogP contribution in [0.2, 0.25) is 5.02 Å². The molecule has 1 N–H and O–H groups in total. The Hall–Kier alpha value is -2.14. The highest BCUT2D eigenvalue weighted by Crippen LogP contribution is 2.22. The molecule has 1 amide bonds. The number of aryl methyl sites for hydroxylation is 1. The smallest absolute Gasteiger partial charge is 0.256 e. The molecule has 6 heteroatoms. The molecular weight excluding hydrogens is 300 g/mol. The molecule has 5 nitrogen and oxygen atoms in total. The Balaban J connectivity index is 1.72. The average molecular weight is 317 g/mol. The van der Waals surface area contributed by atoms with Crippen molar-refractivity contribution >= 4 is 29.1 Å². The van der Waals surface area contributed by atoms with Gasteiger partial charge in [-0.15, -0.1) is 0 Å². The molecule has 1 aliphatic heterocycles. The minimum Gasteiger partial charge on any atom is -0.339 e. The first-order valence-corrected chi connectivity index (χ1v) is 7.66. The highest BCUT2D eigenvalue weighted by atomic mass is 35.5. The van der Waals surface area contributed by atoms with Crippen LogP contribution in [0.3, 0.4) is 0 Å². The lowest BCUT2D eigenvalue weighted by Crippen LogP contribution is -2.27. The predicted molar refractivity (Wildman–Crippen MR) is 86.6 cm³/mol. The van der Waals surface area contributed by atoms with Crippen molar-refractivity contribution < 1.29 is 4.79 Å². The monoisotopic (exact) mass is 316 g/mol. The summed E-state index contributed by atoms with van der Waals surface area (Å²) in [6, 6.07) is 5.56. The van der Waals surface area contributed by atoms with Crippen LogP contribution >= 0.6 is 11.6 Å². The summed E-state index contributed by atoms with van der Waals surface area (Å²) in [4.78, 5) is 22.5. The zero-order valence-electron chi connectivity index (χ0n) is 12.3. The number of rotatable bonds is 3. The van der Waals surface area contributed by atoms with Gasteiger partial charge in [0, 0.05) is 36.2 Å². The number of amides is 1. The second kappa shape index (κ2) is 6.32. The van der Waals surface area contributed by atoms with Gasteiger partial charge in [-0.2, -0.15) is 0 Å². The van der Waals surface area contributed by atoms with E-state index in [-0.39, 0.29) is 5.91 Å². The fourth-order valence-electron chi connectivity index (χ4n) is 2.49. The van der Waals surface area contributed by atoms with Crippen LogP contribution < -0.4 is 5.32 Å². The van der Waals surface area contributed by atoms with Gasteiger partial charge in [0.05, 0.1) is 5.56 Å². The quantitative estimate of drug-likeness (QED) is 0.942. The van der Waals surface area contributed by atoms with Crippen LogP contribution in [0.4, 0.5) is 11.6 Å². The van der Waals surface area contributed by atoms with Crippen LogP contribution in [-0.4, -0.2) is 33.9 Å². The van der Waals surface area contributed by atoms with Gasteiger partial charge in [-0.1, -0.05) is 11.6 Å². The minimum absolute atomic E-state index is 0.00623. The molecule has 3 rings (SSSR count). The molecule has 0 bridgehead atoms. The van der Waals surface area contributed by atoms with Crippen molar-refractivity contribution in [2.45, 2.75) is 19.8 Å². The lowest BCUT2D eigenvalue weighted by Gasteiger charge is -2.14. The van der Waals surface area contributed by atoms with Crippen LogP contribution in [0, 0.1) is 6.92 Å². The van der Waals surface area contributed by atoms with Gasteiger partial charge in [0.15, 0.2) is 0 Å². The zero-order chi connectivity index (χ0) is 15.5. The number of likely N-dealkylation sites (tertiary alicyclic amines) is 1. The summed E-state index contributed by atoms with van der Waals surface area (Å²) in [7, 11) is 0. The van der Waals surface area contributed by atoms with Crippen LogP contribution in [0.25, 0.3) is 0 Å². The maximum Gasteiger partial charge on any atom is 0.256 e. The molecule has 22 heavy (non-hydrogen) atoms. The zero-order valence-corrected chi connectivity index (χ0v) is 13.1. The van der Waals surface area contributed by atoms with Crippen molar-refractivity contribution in [1.29, 1.82) is 0 Å². The maximum atomic E-state index is 12.2. The first-order valence-electron chi connectivity index (χ1n) is 7.28. The molecule has 0 aliphatic carbocycles. The number of anilines is 2. The predicted octanol–water partition coefficient (Wildman–Crippen LogP) is 3.42. The number of hydrogen-bond acceptors (Lipinski definition) is 4. The minimum atomic E-state index is 0.00623. The van der Waals surface area contributed by atoms with Gasteiger partial charge in [0.1, 0.15) is 0 Å². The molecule has 2 heterocycles. The maximum absolute atomic E-state index is 12.2. The number of benzene rings is 1. The van der Waals surface area contributed by atoms with Crippen LogP contribution in [0.15, 0.2) is 30.6 Å². The van der Waals surface area contributed by atoms with E-state index in [1.54, 1.807) is 12.4 Å². The average Bonchev–Trinajstić information content (AvgIpc) is 3.04. The Bertz CT molecular complexity index is 681. The highest BCUT2D eigenvalue weighted by Gasteiger charge is 2.19. The van der Waals surface area contributed by atoms with E-state index in [0.29, 0.717) is 16.5 Å². The molecule has 0 atom stereocenters. The van der Waals surface area contributed by atoms with Gasteiger partial charge in [0.25, 0.3) is 5.91 Å². The van der Waals surface area contributed by atoms with Crippen molar-refractivity contribution in [3.8, 4) is 0 Å². The lowest BCUT2D eigenvalue weighted by molar-refractivity contribution is 0.0792. The third-order valence-corrected chi connectivity index (χ3v) is 3.96. The molecule has 0 spiro atoms. The van der Waals surface area contributed by atoms with E-state index in [0.717, 1.165) is 37.2 Å². The molecule has 1 fully saturated rings. The van der Waals surface area contributed by atoms with Crippen molar-refractivity contribution in [1.82, 2.24) is 14.9 Å². The molecule has 1 aliphatic rings. The van der Waals surface area contributed by atoms with Gasteiger partial charge in [-0.3, -0.25) is 4.79 Å². The molecule has 0 saturated carbocycles. The van der Waals surface area contributed by atoms with E-state index in [1.165, 1.54) is 0 Å². The first-order chi connectivity index (χ1) is 10.6. The summed E-state index contributed by atoms with van der Waals surface area (Å²) in [5, 5.41) is 3.82. The summed E-state index contributed by atoms with van der Waals surface area (Å²) in [5.41, 5.74) is 2.43. The normalized spacial score (nSPS) is 14.2. The van der Waals surface area contributed by atoms with Gasteiger partial charge < -0.3 is 10.2 Å². The van der Waals surface area contributed by atoms with Gasteiger partial charge in [-0.05, 0) is 43.5 Å². The van der Waals surface area contributed by atoms with Gasteiger partial charge in [0.2, 0.25) is 5.95 Å². The summed E-state index contributed by atoms with van der Waals surface area (Å²) in [5.74, 6) is 0.468. The lowest BCUT2D eigenvalue weighted by atomic mass is 10.2. The van der Waals surface area contributed by atoms with Gasteiger partial charge >= 0.3 is 0 Å². The largest absolute Gasteiger partial charge is 0.339 e. The third-order valence-electron chi connectivity index (χ3n) is 3.73. The summed E-state index contributed by atoms with van der Waals surface area (Å²) < 4.78 is 0. The number of nitrogens with zero attached hydrogens (tertiary/aromatic N) is 3.